The van der Waals surface area contributed by atoms with Crippen LogP contribution in [0.25, 0.3) is 0 Å². The van der Waals surface area contributed by atoms with Crippen LogP contribution in [0, 0.1) is 5.92 Å². The normalized spacial score (nSPS) is 19.4. The van der Waals surface area contributed by atoms with Crippen LogP contribution in [-0.2, 0) is 27.8 Å². The fourth-order valence-corrected chi connectivity index (χ4v) is 6.61. The number of hydrogen-bond donors (Lipinski definition) is 1. The molecule has 0 spiro atoms. The van der Waals surface area contributed by atoms with Gasteiger partial charge in [0.25, 0.3) is 15.6 Å². The standard InChI is InChI=1S/C24H25N3O5S2/c1-32-18-4-6-20(7-5-18)34(30,31)25-21-8-9-22-17-11-16(14-27(22)24(21)29)13-26(15-17)23(28)12-19-3-2-10-33-19/h2-10,16-17,25H,11-15H2,1H3/t16-,17-/m1/s1. The Hall–Kier alpha value is -3.11. The summed E-state index contributed by atoms with van der Waals surface area (Å²) in [6.45, 7) is 1.64. The predicted octanol–water partition coefficient (Wildman–Crippen LogP) is 2.91. The number of fused-ring (bicyclic) bond motifs is 4. The molecule has 178 valence electrons. The van der Waals surface area contributed by atoms with E-state index in [4.69, 9.17) is 4.74 Å². The van der Waals surface area contributed by atoms with E-state index in [1.807, 2.05) is 22.4 Å². The molecular formula is C24H25N3O5S2. The minimum Gasteiger partial charge on any atom is -0.497 e. The number of nitrogens with zero attached hydrogens (tertiary/aromatic N) is 2. The number of methoxy groups -OCH3 is 1. The van der Waals surface area contributed by atoms with Crippen molar-refractivity contribution in [1.82, 2.24) is 9.47 Å². The highest BCUT2D eigenvalue weighted by molar-refractivity contribution is 7.92. The molecule has 2 atom stereocenters. The second-order valence-corrected chi connectivity index (χ2v) is 11.4. The largest absolute Gasteiger partial charge is 0.497 e. The highest BCUT2D eigenvalue weighted by atomic mass is 32.2. The summed E-state index contributed by atoms with van der Waals surface area (Å²) in [7, 11) is -2.42. The number of amides is 1. The Morgan fingerprint density at radius 1 is 1.12 bits per heavy atom. The Bertz CT molecular complexity index is 1360. The van der Waals surface area contributed by atoms with Crippen LogP contribution in [0.5, 0.6) is 5.75 Å². The first-order chi connectivity index (χ1) is 16.3. The lowest BCUT2D eigenvalue weighted by molar-refractivity contribution is -0.133. The number of sulfonamides is 1. The van der Waals surface area contributed by atoms with Gasteiger partial charge in [0, 0.05) is 36.1 Å². The van der Waals surface area contributed by atoms with Crippen LogP contribution in [-0.4, -0.2) is 44.0 Å². The quantitative estimate of drug-likeness (QED) is 0.563. The van der Waals surface area contributed by atoms with Gasteiger partial charge < -0.3 is 14.2 Å². The first-order valence-electron chi connectivity index (χ1n) is 11.0. The summed E-state index contributed by atoms with van der Waals surface area (Å²) in [5, 5.41) is 1.97. The van der Waals surface area contributed by atoms with E-state index in [9.17, 15) is 18.0 Å². The predicted molar refractivity (Wildman–Crippen MR) is 130 cm³/mol. The molecular weight excluding hydrogens is 474 g/mol. The Morgan fingerprint density at radius 3 is 2.62 bits per heavy atom. The van der Waals surface area contributed by atoms with Gasteiger partial charge in [0.05, 0.1) is 18.4 Å². The molecule has 2 aliphatic heterocycles. The highest BCUT2D eigenvalue weighted by Crippen LogP contribution is 2.36. The average Bonchev–Trinajstić information content (AvgIpc) is 3.34. The van der Waals surface area contributed by atoms with E-state index in [0.29, 0.717) is 31.8 Å². The van der Waals surface area contributed by atoms with Crippen molar-refractivity contribution in [2.75, 3.05) is 24.9 Å². The van der Waals surface area contributed by atoms with Gasteiger partial charge in [-0.2, -0.15) is 0 Å². The summed E-state index contributed by atoms with van der Waals surface area (Å²) in [5.74, 6) is 0.864. The number of nitrogens with one attached hydrogen (secondary N) is 1. The van der Waals surface area contributed by atoms with Crippen LogP contribution < -0.4 is 15.0 Å². The summed E-state index contributed by atoms with van der Waals surface area (Å²) in [5.41, 5.74) is 0.509. The number of benzene rings is 1. The monoisotopic (exact) mass is 499 g/mol. The molecule has 1 N–H and O–H groups in total. The molecule has 5 rings (SSSR count). The zero-order valence-corrected chi connectivity index (χ0v) is 20.3. The van der Waals surface area contributed by atoms with Gasteiger partial charge in [-0.25, -0.2) is 8.42 Å². The lowest BCUT2D eigenvalue weighted by atomic mass is 9.83. The molecule has 8 nitrogen and oxygen atoms in total. The number of hydrogen-bond acceptors (Lipinski definition) is 6. The number of likely N-dealkylation sites (tertiary alicyclic amines) is 1. The van der Waals surface area contributed by atoms with Gasteiger partial charge in [-0.1, -0.05) is 6.07 Å². The molecule has 3 aromatic rings. The number of piperidine rings is 1. The number of carbonyl (C=O) groups excluding carboxylic acids is 1. The Balaban J connectivity index is 1.36. The molecule has 10 heteroatoms. The third-order valence-electron chi connectivity index (χ3n) is 6.48. The van der Waals surface area contributed by atoms with E-state index in [1.165, 1.54) is 25.3 Å². The SMILES string of the molecule is COc1ccc(S(=O)(=O)Nc2ccc3n(c2=O)C[C@@H]2C[C@@H]3CN(C(=O)Cc3cccs3)C2)cc1. The van der Waals surface area contributed by atoms with Gasteiger partial charge in [-0.05, 0) is 60.2 Å². The third kappa shape index (κ3) is 4.35. The van der Waals surface area contributed by atoms with E-state index in [1.54, 1.807) is 34.1 Å². The van der Waals surface area contributed by atoms with E-state index < -0.39 is 10.0 Å². The molecule has 1 amide bonds. The summed E-state index contributed by atoms with van der Waals surface area (Å²) in [4.78, 5) is 29.1. The topological polar surface area (TPSA) is 97.7 Å². The van der Waals surface area contributed by atoms with Gasteiger partial charge in [-0.15, -0.1) is 11.3 Å². The minimum absolute atomic E-state index is 0.0187. The summed E-state index contributed by atoms with van der Waals surface area (Å²) < 4.78 is 34.8. The summed E-state index contributed by atoms with van der Waals surface area (Å²) in [6.07, 6.45) is 1.31. The van der Waals surface area contributed by atoms with Crippen LogP contribution in [0.2, 0.25) is 0 Å². The summed E-state index contributed by atoms with van der Waals surface area (Å²) in [6, 6.07) is 13.2. The lowest BCUT2D eigenvalue weighted by Crippen LogP contribution is -2.49. The fraction of sp³-hybridized carbons (Fsp3) is 0.333. The van der Waals surface area contributed by atoms with E-state index in [-0.39, 0.29) is 33.9 Å². The smallest absolute Gasteiger partial charge is 0.275 e. The molecule has 4 heterocycles. The second kappa shape index (κ2) is 8.92. The first kappa shape index (κ1) is 22.7. The van der Waals surface area contributed by atoms with Crippen molar-refractivity contribution in [3.8, 4) is 5.75 Å². The van der Waals surface area contributed by atoms with Gasteiger partial charge >= 0.3 is 0 Å². The van der Waals surface area contributed by atoms with Crippen molar-refractivity contribution >= 4 is 33.0 Å². The zero-order chi connectivity index (χ0) is 23.9. The molecule has 1 saturated heterocycles. The Morgan fingerprint density at radius 2 is 1.91 bits per heavy atom. The number of ether oxygens (including phenoxy) is 1. The number of rotatable bonds is 6. The molecule has 0 radical (unpaired) electrons. The third-order valence-corrected chi connectivity index (χ3v) is 8.73. The molecule has 2 aliphatic rings. The molecule has 1 fully saturated rings. The van der Waals surface area contributed by atoms with Crippen molar-refractivity contribution in [2.24, 2.45) is 5.92 Å². The molecule has 34 heavy (non-hydrogen) atoms. The van der Waals surface area contributed by atoms with Crippen LogP contribution in [0.1, 0.15) is 22.9 Å². The summed E-state index contributed by atoms with van der Waals surface area (Å²) >= 11 is 1.58. The maximum atomic E-state index is 13.2. The van der Waals surface area contributed by atoms with Crippen LogP contribution in [0.15, 0.2) is 63.6 Å². The highest BCUT2D eigenvalue weighted by Gasteiger charge is 2.36. The molecule has 0 unspecified atom stereocenters. The minimum atomic E-state index is -3.92. The number of thiophene rings is 1. The van der Waals surface area contributed by atoms with Gasteiger partial charge in [0.15, 0.2) is 0 Å². The van der Waals surface area contributed by atoms with Crippen LogP contribution in [0.4, 0.5) is 5.69 Å². The van der Waals surface area contributed by atoms with Crippen molar-refractivity contribution in [3.05, 3.63) is 74.8 Å². The van der Waals surface area contributed by atoms with Gasteiger partial charge in [0.2, 0.25) is 5.91 Å². The second-order valence-electron chi connectivity index (χ2n) is 8.72. The average molecular weight is 500 g/mol. The van der Waals surface area contributed by atoms with Crippen LogP contribution >= 0.6 is 11.3 Å². The fourth-order valence-electron chi connectivity index (χ4n) is 4.86. The number of carbonyl (C=O) groups is 1. The number of aromatic nitrogens is 1. The van der Waals surface area contributed by atoms with Crippen molar-refractivity contribution in [3.63, 3.8) is 0 Å². The van der Waals surface area contributed by atoms with Crippen molar-refractivity contribution in [2.45, 2.75) is 30.2 Å². The first-order valence-corrected chi connectivity index (χ1v) is 13.4. The zero-order valence-electron chi connectivity index (χ0n) is 18.6. The molecule has 0 saturated carbocycles. The molecule has 2 aromatic heterocycles. The maximum absolute atomic E-state index is 13.2. The van der Waals surface area contributed by atoms with Gasteiger partial charge in [0.1, 0.15) is 11.4 Å². The molecule has 1 aromatic carbocycles. The number of anilines is 1. The Kier molecular flexibility index (Phi) is 5.95. The van der Waals surface area contributed by atoms with Gasteiger partial charge in [-0.3, -0.25) is 14.3 Å². The maximum Gasteiger partial charge on any atom is 0.275 e. The Labute approximate surface area is 201 Å². The van der Waals surface area contributed by atoms with E-state index >= 15 is 0 Å². The van der Waals surface area contributed by atoms with Crippen LogP contribution in [0.3, 0.4) is 0 Å². The lowest BCUT2D eigenvalue weighted by Gasteiger charge is -2.43. The molecule has 2 bridgehead atoms. The molecule has 0 aliphatic carbocycles. The van der Waals surface area contributed by atoms with E-state index in [0.717, 1.165) is 17.0 Å². The van der Waals surface area contributed by atoms with Crippen molar-refractivity contribution in [1.29, 1.82) is 0 Å². The van der Waals surface area contributed by atoms with Crippen molar-refractivity contribution < 1.29 is 17.9 Å². The van der Waals surface area contributed by atoms with E-state index in [2.05, 4.69) is 4.72 Å². The number of pyridine rings is 1.